The lowest BCUT2D eigenvalue weighted by Crippen LogP contribution is -2.37. The molecule has 1 aliphatic rings. The second-order valence-corrected chi connectivity index (χ2v) is 6.40. The number of aromatic nitrogens is 2. The fourth-order valence-electron chi connectivity index (χ4n) is 2.18. The Bertz CT molecular complexity index is 360. The summed E-state index contributed by atoms with van der Waals surface area (Å²) in [7, 11) is 0. The quantitative estimate of drug-likeness (QED) is 0.776. The van der Waals surface area contributed by atoms with Gasteiger partial charge in [-0.1, -0.05) is 6.92 Å². The van der Waals surface area contributed by atoms with Gasteiger partial charge < -0.3 is 10.2 Å². The van der Waals surface area contributed by atoms with Crippen molar-refractivity contribution in [1.82, 2.24) is 20.0 Å². The third kappa shape index (κ3) is 4.82. The molecule has 0 aliphatic carbocycles. The molecule has 1 fully saturated rings. The lowest BCUT2D eigenvalue weighted by atomic mass is 10.3. The summed E-state index contributed by atoms with van der Waals surface area (Å²) in [5.41, 5.74) is 1.15. The summed E-state index contributed by atoms with van der Waals surface area (Å²) in [6, 6.07) is 2.62. The molecule has 1 aromatic heterocycles. The average Bonchev–Trinajstić information content (AvgIpc) is 2.93. The third-order valence-corrected chi connectivity index (χ3v) is 4.66. The molecule has 1 N–H and O–H groups in total. The molecule has 5 heteroatoms. The van der Waals surface area contributed by atoms with Gasteiger partial charge in [-0.2, -0.15) is 16.9 Å². The van der Waals surface area contributed by atoms with Gasteiger partial charge in [0, 0.05) is 56.5 Å². The monoisotopic (exact) mass is 282 g/mol. The van der Waals surface area contributed by atoms with Gasteiger partial charge in [-0.25, -0.2) is 0 Å². The summed E-state index contributed by atoms with van der Waals surface area (Å²) in [5.74, 6) is 2.58. The van der Waals surface area contributed by atoms with E-state index in [1.807, 2.05) is 0 Å². The molecule has 2 rings (SSSR count). The van der Waals surface area contributed by atoms with Crippen molar-refractivity contribution in [3.05, 3.63) is 18.0 Å². The first-order valence-corrected chi connectivity index (χ1v) is 8.50. The van der Waals surface area contributed by atoms with E-state index in [4.69, 9.17) is 0 Å². The van der Waals surface area contributed by atoms with E-state index in [-0.39, 0.29) is 0 Å². The summed E-state index contributed by atoms with van der Waals surface area (Å²) in [5, 5.41) is 8.10. The van der Waals surface area contributed by atoms with Gasteiger partial charge in [-0.05, 0) is 19.4 Å². The largest absolute Gasteiger partial charge is 0.310 e. The van der Waals surface area contributed by atoms with Gasteiger partial charge >= 0.3 is 0 Å². The molecule has 0 bridgehead atoms. The minimum atomic E-state index is 0.500. The zero-order chi connectivity index (χ0) is 13.5. The maximum absolute atomic E-state index is 4.60. The molecule has 0 radical (unpaired) electrons. The third-order valence-electron chi connectivity index (χ3n) is 3.72. The highest BCUT2D eigenvalue weighted by Crippen LogP contribution is 2.09. The van der Waals surface area contributed by atoms with Gasteiger partial charge in [0.25, 0.3) is 0 Å². The van der Waals surface area contributed by atoms with Crippen LogP contribution in [-0.4, -0.2) is 52.4 Å². The highest BCUT2D eigenvalue weighted by molar-refractivity contribution is 7.99. The Morgan fingerprint density at radius 2 is 2.21 bits per heavy atom. The first kappa shape index (κ1) is 14.9. The van der Waals surface area contributed by atoms with Crippen LogP contribution in [0.5, 0.6) is 0 Å². The van der Waals surface area contributed by atoms with E-state index in [2.05, 4.69) is 57.9 Å². The Kier molecular flexibility index (Phi) is 6.20. The van der Waals surface area contributed by atoms with Gasteiger partial charge in [-0.3, -0.25) is 4.68 Å². The summed E-state index contributed by atoms with van der Waals surface area (Å²) in [4.78, 5) is 2.54. The van der Waals surface area contributed by atoms with Crippen molar-refractivity contribution >= 4 is 11.8 Å². The Morgan fingerprint density at radius 3 is 2.95 bits per heavy atom. The summed E-state index contributed by atoms with van der Waals surface area (Å²) in [6.07, 6.45) is 3.22. The van der Waals surface area contributed by atoms with Crippen LogP contribution in [0.3, 0.4) is 0 Å². The summed E-state index contributed by atoms with van der Waals surface area (Å²) < 4.78 is 2.07. The Hall–Kier alpha value is -0.520. The van der Waals surface area contributed by atoms with Crippen molar-refractivity contribution in [3.63, 3.8) is 0 Å². The Labute approximate surface area is 120 Å². The van der Waals surface area contributed by atoms with Crippen LogP contribution >= 0.6 is 11.8 Å². The number of thioether (sulfide) groups is 1. The number of rotatable bonds is 7. The number of hydrogen-bond acceptors (Lipinski definition) is 4. The minimum absolute atomic E-state index is 0.500. The molecule has 1 unspecified atom stereocenters. The molecule has 0 amide bonds. The van der Waals surface area contributed by atoms with Crippen LogP contribution in [0.25, 0.3) is 0 Å². The molecule has 19 heavy (non-hydrogen) atoms. The Morgan fingerprint density at radius 1 is 1.42 bits per heavy atom. The predicted molar refractivity (Wildman–Crippen MR) is 82.7 cm³/mol. The molecule has 0 aromatic carbocycles. The van der Waals surface area contributed by atoms with Crippen molar-refractivity contribution in [2.75, 3.05) is 37.7 Å². The molecular weight excluding hydrogens is 256 g/mol. The van der Waals surface area contributed by atoms with Gasteiger partial charge in [0.1, 0.15) is 0 Å². The fourth-order valence-corrected chi connectivity index (χ4v) is 3.16. The lowest BCUT2D eigenvalue weighted by molar-refractivity contribution is 0.300. The Balaban J connectivity index is 1.63. The molecule has 4 nitrogen and oxygen atoms in total. The zero-order valence-corrected chi connectivity index (χ0v) is 13.0. The number of hydrogen-bond donors (Lipinski definition) is 1. The number of nitrogens with zero attached hydrogens (tertiary/aromatic N) is 3. The second kappa shape index (κ2) is 7.92. The molecule has 108 valence electrons. The number of nitrogens with one attached hydrogen (secondary N) is 1. The molecule has 0 saturated carbocycles. The van der Waals surface area contributed by atoms with Crippen LogP contribution in [0.15, 0.2) is 12.3 Å². The average molecular weight is 282 g/mol. The van der Waals surface area contributed by atoms with Crippen LogP contribution in [0, 0.1) is 0 Å². The van der Waals surface area contributed by atoms with Crippen molar-refractivity contribution in [1.29, 1.82) is 0 Å². The van der Waals surface area contributed by atoms with E-state index < -0.39 is 0 Å². The van der Waals surface area contributed by atoms with E-state index in [0.29, 0.717) is 6.04 Å². The van der Waals surface area contributed by atoms with Gasteiger partial charge in [-0.15, -0.1) is 0 Å². The first-order valence-electron chi connectivity index (χ1n) is 7.34. The van der Waals surface area contributed by atoms with Crippen LogP contribution < -0.4 is 5.32 Å². The highest BCUT2D eigenvalue weighted by Gasteiger charge is 2.09. The van der Waals surface area contributed by atoms with Crippen LogP contribution in [0.1, 0.15) is 32.0 Å². The lowest BCUT2D eigenvalue weighted by Gasteiger charge is -2.25. The molecule has 1 saturated heterocycles. The topological polar surface area (TPSA) is 33.1 Å². The predicted octanol–water partition coefficient (Wildman–Crippen LogP) is 1.99. The molecule has 1 aliphatic heterocycles. The van der Waals surface area contributed by atoms with Crippen molar-refractivity contribution < 1.29 is 0 Å². The van der Waals surface area contributed by atoms with E-state index >= 15 is 0 Å². The van der Waals surface area contributed by atoms with Crippen molar-refractivity contribution in [2.45, 2.75) is 32.9 Å². The van der Waals surface area contributed by atoms with E-state index in [9.17, 15) is 0 Å². The standard InChI is InChI=1S/C14H26N4S/c1-3-13(2)18-6-4-14(16-18)12-15-5-7-17-8-10-19-11-9-17/h4,6,13,15H,3,5,7-12H2,1-2H3. The zero-order valence-electron chi connectivity index (χ0n) is 12.1. The van der Waals surface area contributed by atoms with Crippen molar-refractivity contribution in [2.24, 2.45) is 0 Å². The molecular formula is C14H26N4S. The smallest absolute Gasteiger partial charge is 0.0762 e. The first-order chi connectivity index (χ1) is 9.29. The summed E-state index contributed by atoms with van der Waals surface area (Å²) >= 11 is 2.07. The van der Waals surface area contributed by atoms with Crippen molar-refractivity contribution in [3.8, 4) is 0 Å². The maximum atomic E-state index is 4.60. The van der Waals surface area contributed by atoms with Crippen LogP contribution in [0.4, 0.5) is 0 Å². The highest BCUT2D eigenvalue weighted by atomic mass is 32.2. The molecule has 0 spiro atoms. The molecule has 1 aromatic rings. The minimum Gasteiger partial charge on any atom is -0.310 e. The molecule has 2 heterocycles. The summed E-state index contributed by atoms with van der Waals surface area (Å²) in [6.45, 7) is 9.99. The van der Waals surface area contributed by atoms with Gasteiger partial charge in [0.2, 0.25) is 0 Å². The van der Waals surface area contributed by atoms with E-state index in [1.165, 1.54) is 24.6 Å². The van der Waals surface area contributed by atoms with Crippen LogP contribution in [0.2, 0.25) is 0 Å². The van der Waals surface area contributed by atoms with Gasteiger partial charge in [0.15, 0.2) is 0 Å². The molecule has 1 atom stereocenters. The van der Waals surface area contributed by atoms with E-state index in [1.54, 1.807) is 0 Å². The normalized spacial score (nSPS) is 18.6. The van der Waals surface area contributed by atoms with Gasteiger partial charge in [0.05, 0.1) is 5.69 Å². The second-order valence-electron chi connectivity index (χ2n) is 5.18. The van der Waals surface area contributed by atoms with E-state index in [0.717, 1.165) is 31.7 Å². The fraction of sp³-hybridized carbons (Fsp3) is 0.786. The van der Waals surface area contributed by atoms with Crippen LogP contribution in [-0.2, 0) is 6.54 Å². The SMILES string of the molecule is CCC(C)n1ccc(CNCCN2CCSCC2)n1. The maximum Gasteiger partial charge on any atom is 0.0762 e.